The highest BCUT2D eigenvalue weighted by Gasteiger charge is 2.22. The van der Waals surface area contributed by atoms with E-state index in [0.29, 0.717) is 5.95 Å². The lowest BCUT2D eigenvalue weighted by Gasteiger charge is -2.32. The maximum absolute atomic E-state index is 10.1. The van der Waals surface area contributed by atoms with Crippen molar-refractivity contribution in [2.45, 2.75) is 76.5 Å². The number of nitrogens with zero attached hydrogens (tertiary/aromatic N) is 5. The summed E-state index contributed by atoms with van der Waals surface area (Å²) in [7, 11) is 2.19. The van der Waals surface area contributed by atoms with Crippen molar-refractivity contribution in [3.05, 3.63) is 95.4 Å². The number of aryl methyl sites for hydroxylation is 1. The number of hydrogen-bond donors (Lipinski definition) is 3. The second kappa shape index (κ2) is 15.9. The second-order valence-corrected chi connectivity index (χ2v) is 14.2. The largest absolute Gasteiger partial charge is 0.393 e. The third-order valence-electron chi connectivity index (χ3n) is 10.5. The minimum atomic E-state index is -0.205. The van der Waals surface area contributed by atoms with Gasteiger partial charge in [0, 0.05) is 68.0 Å². The molecule has 7 rings (SSSR count). The number of piperazine rings is 1. The number of nitrogens with one attached hydrogen (secondary N) is 2. The van der Waals surface area contributed by atoms with Gasteiger partial charge in [-0.25, -0.2) is 9.97 Å². The summed E-state index contributed by atoms with van der Waals surface area (Å²) in [6.45, 7) is 5.42. The molecule has 0 spiro atoms. The van der Waals surface area contributed by atoms with E-state index in [2.05, 4.69) is 80.7 Å². The Morgan fingerprint density at radius 2 is 1.61 bits per heavy atom. The smallest absolute Gasteiger partial charge is 0.229 e. The van der Waals surface area contributed by atoms with Crippen molar-refractivity contribution >= 4 is 17.5 Å². The molecule has 2 aromatic heterocycles. The van der Waals surface area contributed by atoms with Gasteiger partial charge in [-0.05, 0) is 110 Å². The summed E-state index contributed by atoms with van der Waals surface area (Å²) < 4.78 is 0. The summed E-state index contributed by atoms with van der Waals surface area (Å²) in [5.74, 6) is 8.78. The van der Waals surface area contributed by atoms with Crippen LogP contribution in [-0.2, 0) is 13.0 Å². The predicted molar refractivity (Wildman–Crippen MR) is 198 cm³/mol. The monoisotopic (exact) mass is 655 g/mol. The molecule has 0 radical (unpaired) electrons. The Balaban J connectivity index is 1.03. The van der Waals surface area contributed by atoms with E-state index in [0.717, 1.165) is 105 Å². The van der Waals surface area contributed by atoms with Gasteiger partial charge < -0.3 is 20.6 Å². The molecular formula is C41H49N7O. The molecule has 0 bridgehead atoms. The van der Waals surface area contributed by atoms with Crippen LogP contribution in [-0.4, -0.2) is 75.2 Å². The lowest BCUT2D eigenvalue weighted by atomic mass is 9.81. The molecule has 2 aromatic carbocycles. The van der Waals surface area contributed by atoms with Crippen LogP contribution in [0.5, 0.6) is 0 Å². The van der Waals surface area contributed by atoms with Crippen molar-refractivity contribution in [3.63, 3.8) is 0 Å². The number of benzene rings is 2. The molecule has 254 valence electrons. The van der Waals surface area contributed by atoms with Crippen LogP contribution in [0.2, 0.25) is 0 Å². The highest BCUT2D eigenvalue weighted by Crippen LogP contribution is 2.32. The van der Waals surface area contributed by atoms with Crippen molar-refractivity contribution in [3.8, 4) is 23.0 Å². The minimum absolute atomic E-state index is 0.205. The minimum Gasteiger partial charge on any atom is -0.393 e. The molecule has 1 saturated heterocycles. The Bertz CT molecular complexity index is 1730. The molecule has 2 aliphatic carbocycles. The molecule has 3 heterocycles. The fourth-order valence-corrected chi connectivity index (χ4v) is 6.98. The normalized spacial score (nSPS) is 20.2. The molecule has 0 amide bonds. The van der Waals surface area contributed by atoms with Gasteiger partial charge in [-0.15, -0.1) is 0 Å². The number of aliphatic hydroxyl groups excluding tert-OH is 1. The summed E-state index contributed by atoms with van der Waals surface area (Å²) in [6, 6.07) is 21.4. The van der Waals surface area contributed by atoms with E-state index < -0.39 is 0 Å². The summed E-state index contributed by atoms with van der Waals surface area (Å²) >= 11 is 0. The van der Waals surface area contributed by atoms with Crippen LogP contribution in [0, 0.1) is 17.8 Å². The Morgan fingerprint density at radius 3 is 2.35 bits per heavy atom. The number of likely N-dealkylation sites (N-methyl/N-ethyl adjacent to an activating group) is 1. The van der Waals surface area contributed by atoms with E-state index >= 15 is 0 Å². The lowest BCUT2D eigenvalue weighted by Crippen LogP contribution is -2.43. The van der Waals surface area contributed by atoms with E-state index in [1.807, 2.05) is 36.7 Å². The van der Waals surface area contributed by atoms with Crippen LogP contribution >= 0.6 is 0 Å². The maximum atomic E-state index is 10.1. The summed E-state index contributed by atoms with van der Waals surface area (Å²) in [5, 5.41) is 17.2. The molecule has 1 aliphatic heterocycles. The van der Waals surface area contributed by atoms with Gasteiger partial charge in [-0.2, -0.15) is 4.98 Å². The number of rotatable bonds is 10. The molecule has 49 heavy (non-hydrogen) atoms. The van der Waals surface area contributed by atoms with Crippen molar-refractivity contribution < 1.29 is 5.11 Å². The number of aliphatic hydroxyl groups is 1. The number of pyridine rings is 1. The highest BCUT2D eigenvalue weighted by atomic mass is 16.3. The average molecular weight is 656 g/mol. The van der Waals surface area contributed by atoms with Crippen LogP contribution in [0.4, 0.5) is 17.5 Å². The molecule has 3 aliphatic rings. The molecular weight excluding hydrogens is 606 g/mol. The molecule has 8 nitrogen and oxygen atoms in total. The van der Waals surface area contributed by atoms with E-state index in [-0.39, 0.29) is 12.1 Å². The van der Waals surface area contributed by atoms with E-state index in [4.69, 9.17) is 9.97 Å². The van der Waals surface area contributed by atoms with Crippen LogP contribution < -0.4 is 10.6 Å². The molecule has 3 N–H and O–H groups in total. The van der Waals surface area contributed by atoms with Gasteiger partial charge in [-0.3, -0.25) is 4.90 Å². The van der Waals surface area contributed by atoms with Gasteiger partial charge in [-0.1, -0.05) is 49.4 Å². The predicted octanol–water partition coefficient (Wildman–Crippen LogP) is 6.88. The summed E-state index contributed by atoms with van der Waals surface area (Å²) in [6.07, 6.45) is 13.6. The molecule has 4 aromatic rings. The Morgan fingerprint density at radius 1 is 0.837 bits per heavy atom. The Labute approximate surface area is 291 Å². The molecule has 8 heteroatoms. The van der Waals surface area contributed by atoms with Crippen LogP contribution in [0.1, 0.15) is 73.8 Å². The first-order valence-corrected chi connectivity index (χ1v) is 18.2. The molecule has 0 atom stereocenters. The zero-order valence-electron chi connectivity index (χ0n) is 28.7. The van der Waals surface area contributed by atoms with Crippen molar-refractivity contribution in [1.82, 2.24) is 24.8 Å². The SMILES string of the molecule is CN1CCN(Cc2ccc(-c3cnc(Nc4ccc(C#Cc5cc(CCC6CCC6)ccn5)cc4)nc3NC3CCC(O)CC3)cc2)CC1. The zero-order chi connectivity index (χ0) is 33.4. The molecule has 0 unspecified atom stereocenters. The molecule has 3 fully saturated rings. The number of anilines is 3. The van der Waals surface area contributed by atoms with Gasteiger partial charge in [0.05, 0.1) is 6.10 Å². The van der Waals surface area contributed by atoms with Crippen molar-refractivity contribution in [1.29, 1.82) is 0 Å². The van der Waals surface area contributed by atoms with Gasteiger partial charge in [0.15, 0.2) is 0 Å². The highest BCUT2D eigenvalue weighted by molar-refractivity contribution is 5.76. The van der Waals surface area contributed by atoms with Crippen LogP contribution in [0.3, 0.4) is 0 Å². The van der Waals surface area contributed by atoms with Gasteiger partial charge >= 0.3 is 0 Å². The van der Waals surface area contributed by atoms with Crippen LogP contribution in [0.15, 0.2) is 73.1 Å². The number of aromatic nitrogens is 3. The summed E-state index contributed by atoms with van der Waals surface area (Å²) in [5.41, 5.74) is 7.36. The maximum Gasteiger partial charge on any atom is 0.229 e. The van der Waals surface area contributed by atoms with E-state index in [1.54, 1.807) is 0 Å². The zero-order valence-corrected chi connectivity index (χ0v) is 28.7. The topological polar surface area (TPSA) is 89.4 Å². The van der Waals surface area contributed by atoms with Gasteiger partial charge in [0.1, 0.15) is 11.5 Å². The third-order valence-corrected chi connectivity index (χ3v) is 10.5. The lowest BCUT2D eigenvalue weighted by molar-refractivity contribution is 0.126. The summed E-state index contributed by atoms with van der Waals surface area (Å²) in [4.78, 5) is 19.1. The first-order valence-electron chi connectivity index (χ1n) is 18.2. The second-order valence-electron chi connectivity index (χ2n) is 14.2. The average Bonchev–Trinajstić information content (AvgIpc) is 3.10. The van der Waals surface area contributed by atoms with Gasteiger partial charge in [0.2, 0.25) is 5.95 Å². The van der Waals surface area contributed by atoms with E-state index in [9.17, 15) is 5.11 Å². The van der Waals surface area contributed by atoms with Crippen molar-refractivity contribution in [2.75, 3.05) is 43.9 Å². The van der Waals surface area contributed by atoms with E-state index in [1.165, 1.54) is 36.8 Å². The van der Waals surface area contributed by atoms with Gasteiger partial charge in [0.25, 0.3) is 0 Å². The Kier molecular flexibility index (Phi) is 10.8. The van der Waals surface area contributed by atoms with Crippen molar-refractivity contribution in [2.24, 2.45) is 5.92 Å². The standard InChI is InChI=1S/C41H49N7O/c1-47-23-25-48(26-24-47)29-33-7-12-34(13-8-33)39-28-43-41(46-40(39)44-35-17-19-38(49)20-18-35)45-36-14-9-31(10-15-36)11-16-37-27-32(21-22-42-37)6-5-30-3-2-4-30/h7-10,12-15,21-22,27-28,30,35,38,49H,2-6,17-20,23-26,29H2,1H3,(H2,43,44,45,46). The first-order chi connectivity index (χ1) is 24.0. The third kappa shape index (κ3) is 9.24. The fourth-order valence-electron chi connectivity index (χ4n) is 6.98. The fraction of sp³-hybridized carbons (Fsp3) is 0.439. The van der Waals surface area contributed by atoms with Crippen LogP contribution in [0.25, 0.3) is 11.1 Å². The first kappa shape index (κ1) is 33.2. The molecule has 2 saturated carbocycles. The quantitative estimate of drug-likeness (QED) is 0.160. The Hall–Kier alpha value is -4.29. The number of hydrogen-bond acceptors (Lipinski definition) is 8.